The molecule has 0 unspecified atom stereocenters. The summed E-state index contributed by atoms with van der Waals surface area (Å²) in [5, 5.41) is 11.7. The Kier molecular flexibility index (Phi) is 5.76. The Morgan fingerprint density at radius 3 is 2.71 bits per heavy atom. The van der Waals surface area contributed by atoms with E-state index in [1.54, 1.807) is 12.2 Å². The van der Waals surface area contributed by atoms with Crippen molar-refractivity contribution in [3.05, 3.63) is 23.8 Å². The molecule has 1 N–H and O–H groups in total. The first kappa shape index (κ1) is 23.8. The molecule has 9 atom stereocenters. The second-order valence-electron chi connectivity index (χ2n) is 12.2. The van der Waals surface area contributed by atoms with E-state index in [1.165, 1.54) is 19.3 Å². The zero-order chi connectivity index (χ0) is 23.9. The van der Waals surface area contributed by atoms with E-state index in [0.717, 1.165) is 37.7 Å². The van der Waals surface area contributed by atoms with Crippen molar-refractivity contribution in [1.29, 1.82) is 0 Å². The highest BCUT2D eigenvalue weighted by Gasteiger charge is 2.75. The maximum atomic E-state index is 13.7. The number of halogens is 1. The number of ketones is 2. The average molecular weight is 581 g/mol. The molecule has 0 radical (unpaired) electrons. The number of fused-ring (bicyclic) bond motifs is 7. The molecule has 1 saturated heterocycles. The fraction of sp³-hybridized carbons (Fsp3) is 0.786. The maximum Gasteiger partial charge on any atom is 0.178 e. The van der Waals surface area contributed by atoms with Crippen LogP contribution in [0.2, 0.25) is 0 Å². The second kappa shape index (κ2) is 8.22. The Bertz CT molecular complexity index is 952. The summed E-state index contributed by atoms with van der Waals surface area (Å²) in [6.45, 7) is 4.40. The average Bonchev–Trinajstić information content (AvgIpc) is 3.32. The fourth-order valence-corrected chi connectivity index (χ4v) is 9.88. The van der Waals surface area contributed by atoms with Crippen molar-refractivity contribution in [2.75, 3.05) is 4.43 Å². The van der Waals surface area contributed by atoms with Crippen LogP contribution in [-0.4, -0.2) is 45.2 Å². The van der Waals surface area contributed by atoms with Crippen LogP contribution in [0.1, 0.15) is 71.6 Å². The zero-order valence-electron chi connectivity index (χ0n) is 20.3. The summed E-state index contributed by atoms with van der Waals surface area (Å²) in [6, 6.07) is 0. The molecule has 1 heterocycles. The van der Waals surface area contributed by atoms with Gasteiger partial charge in [0.2, 0.25) is 0 Å². The Hall–Kier alpha value is -0.570. The minimum absolute atomic E-state index is 0.0506. The van der Waals surface area contributed by atoms with Gasteiger partial charge in [-0.1, -0.05) is 67.3 Å². The zero-order valence-corrected chi connectivity index (χ0v) is 22.5. The highest BCUT2D eigenvalue weighted by Crippen LogP contribution is 2.70. The summed E-state index contributed by atoms with van der Waals surface area (Å²) in [6.07, 6.45) is 13.5. The Morgan fingerprint density at radius 2 is 1.97 bits per heavy atom. The van der Waals surface area contributed by atoms with Gasteiger partial charge in [-0.3, -0.25) is 9.59 Å². The minimum Gasteiger partial charge on any atom is -0.393 e. The number of Topliss-reactive ketones (excluding diaryl/α,β-unsaturated/α-hetero) is 1. The van der Waals surface area contributed by atoms with Crippen molar-refractivity contribution < 1.29 is 24.2 Å². The molecule has 0 aromatic heterocycles. The van der Waals surface area contributed by atoms with Crippen LogP contribution in [0.4, 0.5) is 0 Å². The fourth-order valence-electron chi connectivity index (χ4n) is 9.31. The molecule has 34 heavy (non-hydrogen) atoms. The number of alkyl halides is 1. The minimum atomic E-state index is -0.956. The van der Waals surface area contributed by atoms with E-state index in [4.69, 9.17) is 9.47 Å². The third-order valence-corrected chi connectivity index (χ3v) is 11.5. The topological polar surface area (TPSA) is 72.8 Å². The van der Waals surface area contributed by atoms with Crippen LogP contribution in [0, 0.1) is 34.5 Å². The van der Waals surface area contributed by atoms with Gasteiger partial charge in [0.1, 0.15) is 0 Å². The molecule has 6 heteroatoms. The molecule has 5 nitrogen and oxygen atoms in total. The predicted molar refractivity (Wildman–Crippen MR) is 136 cm³/mol. The molecule has 1 aliphatic heterocycles. The number of ether oxygens (including phenoxy) is 2. The van der Waals surface area contributed by atoms with E-state index in [2.05, 4.69) is 36.4 Å². The maximum absolute atomic E-state index is 13.7. The van der Waals surface area contributed by atoms with Crippen molar-refractivity contribution in [2.45, 2.75) is 95.7 Å². The number of carbonyl (C=O) groups is 2. The summed E-state index contributed by atoms with van der Waals surface area (Å²) in [5.41, 5.74) is -0.551. The summed E-state index contributed by atoms with van der Waals surface area (Å²) in [4.78, 5) is 25.8. The Balaban J connectivity index is 1.37. The van der Waals surface area contributed by atoms with Crippen LogP contribution in [-0.2, 0) is 19.1 Å². The molecule has 0 amide bonds. The van der Waals surface area contributed by atoms with Gasteiger partial charge in [-0.25, -0.2) is 0 Å². The van der Waals surface area contributed by atoms with Crippen molar-refractivity contribution in [2.24, 2.45) is 34.5 Å². The first-order valence-corrected chi connectivity index (χ1v) is 14.8. The molecule has 0 spiro atoms. The van der Waals surface area contributed by atoms with Crippen LogP contribution in [0.3, 0.4) is 0 Å². The highest BCUT2D eigenvalue weighted by molar-refractivity contribution is 14.1. The quantitative estimate of drug-likeness (QED) is 0.379. The van der Waals surface area contributed by atoms with E-state index >= 15 is 0 Å². The number of aliphatic hydroxyl groups excluding tert-OH is 1. The molecule has 0 aromatic rings. The van der Waals surface area contributed by atoms with Gasteiger partial charge >= 0.3 is 0 Å². The SMILES string of the molecule is C[C@]12C=CC(=O)C=C1CC[C@@H]1[C@@H]2[C@@H](O)C[C@@]2(C)[C@H]1C[C@H]1O[C@@H](C3CCCCC3)O[C@]12C(=O)CI. The van der Waals surface area contributed by atoms with Crippen molar-refractivity contribution in [3.63, 3.8) is 0 Å². The van der Waals surface area contributed by atoms with Gasteiger partial charge in [0.15, 0.2) is 23.5 Å². The molecule has 5 aliphatic carbocycles. The number of rotatable bonds is 3. The number of allylic oxidation sites excluding steroid dienone is 4. The molecular formula is C28H37IO5. The molecular weight excluding hydrogens is 543 g/mol. The molecule has 6 aliphatic rings. The molecule has 0 bridgehead atoms. The molecule has 5 fully saturated rings. The predicted octanol–water partition coefficient (Wildman–Crippen LogP) is 4.94. The van der Waals surface area contributed by atoms with Crippen molar-refractivity contribution in [3.8, 4) is 0 Å². The lowest BCUT2D eigenvalue weighted by molar-refractivity contribution is -0.207. The number of hydrogen-bond donors (Lipinski definition) is 1. The number of aliphatic hydroxyl groups is 1. The van der Waals surface area contributed by atoms with Gasteiger partial charge in [0.25, 0.3) is 0 Å². The normalized spacial score (nSPS) is 50.2. The standard InChI is InChI=1S/C28H37IO5/c1-26-11-10-18(30)12-17(26)8-9-19-20-13-23-28(22(32)15-29,27(20,2)14-21(31)24(19)26)34-25(33-23)16-6-4-3-5-7-16/h10-12,16,19-21,23-25,31H,3-9,13-15H2,1-2H3/t19-,20-,21-,23+,24+,25+,26-,27-,28+/m0/s1. The highest BCUT2D eigenvalue weighted by atomic mass is 127. The second-order valence-corrected chi connectivity index (χ2v) is 13.0. The summed E-state index contributed by atoms with van der Waals surface area (Å²) >= 11 is 2.18. The van der Waals surface area contributed by atoms with E-state index in [-0.39, 0.29) is 47.1 Å². The Morgan fingerprint density at radius 1 is 1.21 bits per heavy atom. The lowest BCUT2D eigenvalue weighted by atomic mass is 9.46. The van der Waals surface area contributed by atoms with E-state index in [0.29, 0.717) is 16.8 Å². The molecule has 0 aromatic carbocycles. The van der Waals surface area contributed by atoms with Crippen LogP contribution in [0.15, 0.2) is 23.8 Å². The Labute approximate surface area is 216 Å². The van der Waals surface area contributed by atoms with Crippen LogP contribution >= 0.6 is 22.6 Å². The van der Waals surface area contributed by atoms with Gasteiger partial charge in [0, 0.05) is 22.7 Å². The van der Waals surface area contributed by atoms with Crippen LogP contribution in [0.25, 0.3) is 0 Å². The molecule has 6 rings (SSSR count). The number of hydrogen-bond acceptors (Lipinski definition) is 5. The number of carbonyl (C=O) groups excluding carboxylic acids is 2. The van der Waals surface area contributed by atoms with E-state index in [9.17, 15) is 14.7 Å². The van der Waals surface area contributed by atoms with E-state index < -0.39 is 17.1 Å². The molecule has 4 saturated carbocycles. The third-order valence-electron chi connectivity index (χ3n) is 10.8. The summed E-state index contributed by atoms with van der Waals surface area (Å²) in [5.74, 6) is 1.15. The lowest BCUT2D eigenvalue weighted by Gasteiger charge is -2.59. The lowest BCUT2D eigenvalue weighted by Crippen LogP contribution is -2.63. The van der Waals surface area contributed by atoms with Gasteiger partial charge in [0.05, 0.1) is 16.6 Å². The van der Waals surface area contributed by atoms with Crippen LogP contribution in [0.5, 0.6) is 0 Å². The molecule has 186 valence electrons. The third kappa shape index (κ3) is 3.07. The summed E-state index contributed by atoms with van der Waals surface area (Å²) < 4.78 is 13.9. The largest absolute Gasteiger partial charge is 0.393 e. The van der Waals surface area contributed by atoms with Gasteiger partial charge < -0.3 is 14.6 Å². The van der Waals surface area contributed by atoms with Crippen LogP contribution < -0.4 is 0 Å². The monoisotopic (exact) mass is 580 g/mol. The first-order chi connectivity index (χ1) is 16.2. The van der Waals surface area contributed by atoms with E-state index in [1.807, 2.05) is 6.08 Å². The summed E-state index contributed by atoms with van der Waals surface area (Å²) in [7, 11) is 0. The first-order valence-electron chi connectivity index (χ1n) is 13.3. The van der Waals surface area contributed by atoms with Gasteiger partial charge in [-0.15, -0.1) is 0 Å². The van der Waals surface area contributed by atoms with Crippen molar-refractivity contribution >= 4 is 34.2 Å². The van der Waals surface area contributed by atoms with Gasteiger partial charge in [-0.2, -0.15) is 0 Å². The smallest absolute Gasteiger partial charge is 0.178 e. The van der Waals surface area contributed by atoms with Gasteiger partial charge in [-0.05, 0) is 62.5 Å². The van der Waals surface area contributed by atoms with Crippen molar-refractivity contribution in [1.82, 2.24) is 0 Å².